The second-order valence-electron chi connectivity index (χ2n) is 3.68. The fourth-order valence-corrected chi connectivity index (χ4v) is 2.47. The number of nitrogens with one attached hydrogen (secondary N) is 1. The summed E-state index contributed by atoms with van der Waals surface area (Å²) in [5, 5.41) is 5.04. The van der Waals surface area contributed by atoms with Gasteiger partial charge >= 0.3 is 0 Å². The van der Waals surface area contributed by atoms with E-state index in [-0.39, 0.29) is 0 Å². The summed E-state index contributed by atoms with van der Waals surface area (Å²) in [7, 11) is -3.83. The van der Waals surface area contributed by atoms with Crippen molar-refractivity contribution >= 4 is 10.2 Å². The first-order chi connectivity index (χ1) is 7.93. The van der Waals surface area contributed by atoms with Crippen LogP contribution in [0.1, 0.15) is 12.0 Å². The molecule has 92 valence electrons. The molecule has 0 heterocycles. The quantitative estimate of drug-likeness (QED) is 0.752. The van der Waals surface area contributed by atoms with Gasteiger partial charge in [-0.15, -0.1) is 13.2 Å². The van der Waals surface area contributed by atoms with E-state index in [9.17, 15) is 8.42 Å². The lowest BCUT2D eigenvalue weighted by molar-refractivity contribution is 0.487. The molecule has 5 heteroatoms. The first kappa shape index (κ1) is 13.6. The van der Waals surface area contributed by atoms with Gasteiger partial charge in [0.15, 0.2) is 0 Å². The molecule has 0 aliphatic rings. The van der Waals surface area contributed by atoms with E-state index in [1.54, 1.807) is 6.08 Å². The van der Waals surface area contributed by atoms with Crippen molar-refractivity contribution in [3.8, 4) is 0 Å². The number of hydrogen-bond donors (Lipinski definition) is 2. The van der Waals surface area contributed by atoms with E-state index >= 15 is 0 Å². The summed E-state index contributed by atoms with van der Waals surface area (Å²) < 4.78 is 24.9. The van der Waals surface area contributed by atoms with Crippen molar-refractivity contribution in [3.05, 3.63) is 61.2 Å². The van der Waals surface area contributed by atoms with Crippen LogP contribution in [0.25, 0.3) is 0 Å². The average molecular weight is 252 g/mol. The molecule has 3 N–H and O–H groups in total. The van der Waals surface area contributed by atoms with E-state index < -0.39 is 15.7 Å². The Hall–Kier alpha value is -1.43. The summed E-state index contributed by atoms with van der Waals surface area (Å²) in [6.07, 6.45) is 3.51. The molecule has 1 atom stereocenters. The summed E-state index contributed by atoms with van der Waals surface area (Å²) in [6, 6.07) is 9.11. The zero-order valence-corrected chi connectivity index (χ0v) is 10.3. The Balaban J connectivity index is 3.27. The summed E-state index contributed by atoms with van der Waals surface area (Å²) in [6.45, 7) is 7.31. The minimum Gasteiger partial charge on any atom is -0.216 e. The third-order valence-electron chi connectivity index (χ3n) is 2.43. The molecule has 4 nitrogen and oxygen atoms in total. The molecule has 0 bridgehead atoms. The third kappa shape index (κ3) is 3.52. The van der Waals surface area contributed by atoms with Crippen LogP contribution in [-0.2, 0) is 15.7 Å². The molecule has 0 saturated heterocycles. The molecule has 0 radical (unpaired) electrons. The highest BCUT2D eigenvalue weighted by atomic mass is 32.2. The Kier molecular flexibility index (Phi) is 4.22. The van der Waals surface area contributed by atoms with Gasteiger partial charge in [0, 0.05) is 0 Å². The fraction of sp³-hybridized carbons (Fsp3) is 0.167. The molecule has 1 rings (SSSR count). The number of hydrogen-bond acceptors (Lipinski definition) is 2. The van der Waals surface area contributed by atoms with Crippen molar-refractivity contribution in [2.45, 2.75) is 12.0 Å². The van der Waals surface area contributed by atoms with Crippen LogP contribution < -0.4 is 9.86 Å². The Morgan fingerprint density at radius 1 is 1.29 bits per heavy atom. The summed E-state index contributed by atoms with van der Waals surface area (Å²) >= 11 is 0. The minimum atomic E-state index is -3.83. The molecule has 0 saturated carbocycles. The normalized spacial score (nSPS) is 14.9. The topological polar surface area (TPSA) is 72.2 Å². The fourth-order valence-electron chi connectivity index (χ4n) is 1.68. The van der Waals surface area contributed by atoms with Crippen LogP contribution in [0.5, 0.6) is 0 Å². The molecule has 1 aromatic rings. The molecular formula is C12H16N2O2S. The monoisotopic (exact) mass is 252 g/mol. The van der Waals surface area contributed by atoms with Crippen LogP contribution in [0.3, 0.4) is 0 Å². The van der Waals surface area contributed by atoms with Crippen molar-refractivity contribution in [2.75, 3.05) is 0 Å². The van der Waals surface area contributed by atoms with Crippen LogP contribution in [0, 0.1) is 0 Å². The predicted octanol–water partition coefficient (Wildman–Crippen LogP) is 1.44. The molecule has 0 fully saturated rings. The zero-order chi connectivity index (χ0) is 12.9. The lowest BCUT2D eigenvalue weighted by atomic mass is 9.88. The van der Waals surface area contributed by atoms with Gasteiger partial charge < -0.3 is 0 Å². The largest absolute Gasteiger partial charge is 0.275 e. The van der Waals surface area contributed by atoms with E-state index in [0.29, 0.717) is 6.42 Å². The van der Waals surface area contributed by atoms with Crippen LogP contribution in [0.15, 0.2) is 55.6 Å². The van der Waals surface area contributed by atoms with Gasteiger partial charge in [-0.25, -0.2) is 5.14 Å². The number of nitrogens with two attached hydrogens (primary N) is 1. The van der Waals surface area contributed by atoms with Gasteiger partial charge in [0.25, 0.3) is 10.2 Å². The molecule has 0 aliphatic heterocycles. The minimum absolute atomic E-state index is 0.372. The molecule has 0 aromatic heterocycles. The maximum absolute atomic E-state index is 11.2. The van der Waals surface area contributed by atoms with Crippen LogP contribution >= 0.6 is 0 Å². The smallest absolute Gasteiger partial charge is 0.216 e. The van der Waals surface area contributed by atoms with Gasteiger partial charge in [-0.05, 0) is 12.0 Å². The zero-order valence-electron chi connectivity index (χ0n) is 9.46. The predicted molar refractivity (Wildman–Crippen MR) is 69.4 cm³/mol. The highest BCUT2D eigenvalue weighted by molar-refractivity contribution is 7.87. The molecule has 0 amide bonds. The lowest BCUT2D eigenvalue weighted by Crippen LogP contribution is -2.46. The van der Waals surface area contributed by atoms with Crippen molar-refractivity contribution in [1.82, 2.24) is 4.72 Å². The highest BCUT2D eigenvalue weighted by Crippen LogP contribution is 2.27. The summed E-state index contributed by atoms with van der Waals surface area (Å²) in [4.78, 5) is 0. The summed E-state index contributed by atoms with van der Waals surface area (Å²) in [5.74, 6) is 0. The van der Waals surface area contributed by atoms with Crippen molar-refractivity contribution < 1.29 is 8.42 Å². The second-order valence-corrected chi connectivity index (χ2v) is 4.98. The third-order valence-corrected chi connectivity index (χ3v) is 3.08. The van der Waals surface area contributed by atoms with E-state index in [0.717, 1.165) is 5.56 Å². The van der Waals surface area contributed by atoms with Crippen LogP contribution in [0.2, 0.25) is 0 Å². The van der Waals surface area contributed by atoms with Gasteiger partial charge in [0.2, 0.25) is 0 Å². The lowest BCUT2D eigenvalue weighted by Gasteiger charge is -2.30. The van der Waals surface area contributed by atoms with Gasteiger partial charge in [-0.3, -0.25) is 0 Å². The van der Waals surface area contributed by atoms with Gasteiger partial charge in [0.05, 0.1) is 5.54 Å². The van der Waals surface area contributed by atoms with E-state index in [1.165, 1.54) is 6.08 Å². The van der Waals surface area contributed by atoms with Gasteiger partial charge in [-0.1, -0.05) is 42.5 Å². The van der Waals surface area contributed by atoms with E-state index in [2.05, 4.69) is 17.9 Å². The Morgan fingerprint density at radius 3 is 2.29 bits per heavy atom. The maximum atomic E-state index is 11.2. The van der Waals surface area contributed by atoms with Crippen LogP contribution in [-0.4, -0.2) is 8.42 Å². The first-order valence-electron chi connectivity index (χ1n) is 5.05. The summed E-state index contributed by atoms with van der Waals surface area (Å²) in [5.41, 5.74) is -0.180. The standard InChI is InChI=1S/C12H16N2O2S/c1-3-10-12(4-2,14-17(13,15)16)11-8-6-5-7-9-11/h3-9,14H,1-2,10H2,(H2,13,15,16). The Labute approximate surface area is 102 Å². The maximum Gasteiger partial charge on any atom is 0.275 e. The molecule has 0 spiro atoms. The van der Waals surface area contributed by atoms with Crippen molar-refractivity contribution in [2.24, 2.45) is 5.14 Å². The number of rotatable bonds is 6. The van der Waals surface area contributed by atoms with Crippen LogP contribution in [0.4, 0.5) is 0 Å². The molecular weight excluding hydrogens is 236 g/mol. The van der Waals surface area contributed by atoms with E-state index in [1.807, 2.05) is 30.3 Å². The molecule has 1 unspecified atom stereocenters. The SMILES string of the molecule is C=CCC(C=C)(NS(N)(=O)=O)c1ccccc1. The molecule has 1 aromatic carbocycles. The molecule has 17 heavy (non-hydrogen) atoms. The average Bonchev–Trinajstić information content (AvgIpc) is 2.28. The van der Waals surface area contributed by atoms with Gasteiger partial charge in [0.1, 0.15) is 0 Å². The van der Waals surface area contributed by atoms with Crippen molar-refractivity contribution in [1.29, 1.82) is 0 Å². The Bertz CT molecular complexity index is 496. The van der Waals surface area contributed by atoms with Crippen molar-refractivity contribution in [3.63, 3.8) is 0 Å². The first-order valence-corrected chi connectivity index (χ1v) is 6.60. The second kappa shape index (κ2) is 5.27. The number of benzene rings is 1. The van der Waals surface area contributed by atoms with Gasteiger partial charge in [-0.2, -0.15) is 13.1 Å². The molecule has 0 aliphatic carbocycles. The van der Waals surface area contributed by atoms with E-state index in [4.69, 9.17) is 5.14 Å². The Morgan fingerprint density at radius 2 is 1.88 bits per heavy atom. The highest BCUT2D eigenvalue weighted by Gasteiger charge is 2.30.